The Labute approximate surface area is 222 Å². The quantitative estimate of drug-likeness (QED) is 0.291. The highest BCUT2D eigenvalue weighted by Crippen LogP contribution is 2.45. The van der Waals surface area contributed by atoms with Crippen LogP contribution in [0.4, 0.5) is 5.69 Å². The number of hydrogen-bond donors (Lipinski definition) is 1. The molecule has 1 fully saturated rings. The number of aryl methyl sites for hydroxylation is 3. The van der Waals surface area contributed by atoms with Crippen LogP contribution < -0.4 is 15.0 Å². The summed E-state index contributed by atoms with van der Waals surface area (Å²) in [6.07, 6.45) is 1.82. The largest absolute Gasteiger partial charge is 0.495 e. The molecule has 3 heterocycles. The first-order valence-electron chi connectivity index (χ1n) is 11.9. The molecule has 1 aliphatic rings. The van der Waals surface area contributed by atoms with Gasteiger partial charge in [-0.3, -0.25) is 4.98 Å². The Kier molecular flexibility index (Phi) is 6.49. The molecule has 0 spiro atoms. The molecule has 7 heteroatoms. The Hall–Kier alpha value is -3.35. The van der Waals surface area contributed by atoms with Crippen LogP contribution in [0.15, 0.2) is 66.9 Å². The number of anilines is 1. The number of benzene rings is 2. The number of methoxy groups -OCH3 is 1. The summed E-state index contributed by atoms with van der Waals surface area (Å²) in [5, 5.41) is 4.72. The Balaban J connectivity index is 1.70. The van der Waals surface area contributed by atoms with E-state index < -0.39 is 0 Å². The minimum atomic E-state index is -0.132. The van der Waals surface area contributed by atoms with E-state index in [4.69, 9.17) is 28.6 Å². The summed E-state index contributed by atoms with van der Waals surface area (Å²) in [5.74, 6) is 0.629. The molecule has 0 radical (unpaired) electrons. The van der Waals surface area contributed by atoms with Gasteiger partial charge in [-0.1, -0.05) is 29.8 Å². The van der Waals surface area contributed by atoms with Crippen LogP contribution in [0.3, 0.4) is 0 Å². The van der Waals surface area contributed by atoms with E-state index in [0.717, 1.165) is 11.4 Å². The lowest BCUT2D eigenvalue weighted by molar-refractivity contribution is 0.415. The Morgan fingerprint density at radius 2 is 1.81 bits per heavy atom. The monoisotopic (exact) mass is 516 g/mol. The maximum absolute atomic E-state index is 6.54. The number of halogens is 1. The van der Waals surface area contributed by atoms with Gasteiger partial charge in [0.15, 0.2) is 5.11 Å². The summed E-state index contributed by atoms with van der Waals surface area (Å²) in [7, 11) is 1.62. The van der Waals surface area contributed by atoms with Crippen LogP contribution in [0.25, 0.3) is 5.69 Å². The van der Waals surface area contributed by atoms with Crippen molar-refractivity contribution in [2.75, 3.05) is 12.0 Å². The molecule has 2 atom stereocenters. The third kappa shape index (κ3) is 4.14. The van der Waals surface area contributed by atoms with Crippen LogP contribution in [0, 0.1) is 27.7 Å². The van der Waals surface area contributed by atoms with Gasteiger partial charge in [0.2, 0.25) is 0 Å². The molecule has 1 saturated heterocycles. The highest BCUT2D eigenvalue weighted by Gasteiger charge is 2.42. The summed E-state index contributed by atoms with van der Waals surface area (Å²) < 4.78 is 7.73. The molecular formula is C29H29ClN4OS. The van der Waals surface area contributed by atoms with Crippen LogP contribution in [0.5, 0.6) is 5.75 Å². The summed E-state index contributed by atoms with van der Waals surface area (Å²) in [6, 6.07) is 20.4. The molecule has 0 unspecified atom stereocenters. The second-order valence-electron chi connectivity index (χ2n) is 9.27. The summed E-state index contributed by atoms with van der Waals surface area (Å²) in [6.45, 7) is 8.62. The van der Waals surface area contributed by atoms with E-state index in [2.05, 4.69) is 71.7 Å². The van der Waals surface area contributed by atoms with E-state index in [9.17, 15) is 0 Å². The molecule has 184 valence electrons. The molecule has 5 nitrogen and oxygen atoms in total. The highest BCUT2D eigenvalue weighted by molar-refractivity contribution is 7.80. The number of thiocarbonyl (C=S) groups is 1. The van der Waals surface area contributed by atoms with Gasteiger partial charge in [0, 0.05) is 29.0 Å². The number of rotatable bonds is 5. The molecule has 2 aromatic heterocycles. The lowest BCUT2D eigenvalue weighted by Gasteiger charge is -2.28. The number of nitrogens with one attached hydrogen (secondary N) is 1. The van der Waals surface area contributed by atoms with Crippen LogP contribution in [0.2, 0.25) is 5.02 Å². The fourth-order valence-electron chi connectivity index (χ4n) is 5.17. The second kappa shape index (κ2) is 9.60. The summed E-state index contributed by atoms with van der Waals surface area (Å²) >= 11 is 12.4. The van der Waals surface area contributed by atoms with Crippen LogP contribution >= 0.6 is 23.8 Å². The fraction of sp³-hybridized carbons (Fsp3) is 0.241. The van der Waals surface area contributed by atoms with Gasteiger partial charge >= 0.3 is 0 Å². The SMILES string of the molecule is COc1ccc(N2C(=S)N[C@@H](c3ccccn3)[C@@H]2c2cc(C)n(-c3cc(C)ccc3C)c2C)cc1Cl. The van der Waals surface area contributed by atoms with Crippen LogP contribution in [-0.2, 0) is 0 Å². The van der Waals surface area contributed by atoms with Crippen molar-refractivity contribution in [1.82, 2.24) is 14.9 Å². The number of aromatic nitrogens is 2. The molecule has 1 N–H and O–H groups in total. The van der Waals surface area contributed by atoms with Gasteiger partial charge < -0.3 is 19.5 Å². The summed E-state index contributed by atoms with van der Waals surface area (Å²) in [4.78, 5) is 6.83. The van der Waals surface area contributed by atoms with Crippen molar-refractivity contribution in [1.29, 1.82) is 0 Å². The first-order chi connectivity index (χ1) is 17.3. The zero-order valence-electron chi connectivity index (χ0n) is 21.0. The van der Waals surface area contributed by atoms with Gasteiger partial charge in [-0.2, -0.15) is 0 Å². The molecule has 5 rings (SSSR count). The molecule has 0 bridgehead atoms. The zero-order chi connectivity index (χ0) is 25.6. The smallest absolute Gasteiger partial charge is 0.174 e. The van der Waals surface area contributed by atoms with Gasteiger partial charge in [-0.05, 0) is 99.1 Å². The van der Waals surface area contributed by atoms with Crippen LogP contribution in [0.1, 0.15) is 45.9 Å². The molecule has 36 heavy (non-hydrogen) atoms. The van der Waals surface area contributed by atoms with E-state index in [0.29, 0.717) is 15.9 Å². The lowest BCUT2D eigenvalue weighted by Crippen LogP contribution is -2.29. The third-order valence-electron chi connectivity index (χ3n) is 6.91. The predicted molar refractivity (Wildman–Crippen MR) is 151 cm³/mol. The molecule has 2 aromatic carbocycles. The first kappa shape index (κ1) is 24.3. The average molecular weight is 517 g/mol. The Morgan fingerprint density at radius 1 is 1.00 bits per heavy atom. The maximum Gasteiger partial charge on any atom is 0.174 e. The van der Waals surface area contributed by atoms with E-state index in [1.54, 1.807) is 7.11 Å². The van der Waals surface area contributed by atoms with E-state index in [1.807, 2.05) is 42.6 Å². The zero-order valence-corrected chi connectivity index (χ0v) is 22.6. The van der Waals surface area contributed by atoms with E-state index in [1.165, 1.54) is 33.8 Å². The maximum atomic E-state index is 6.54. The molecular weight excluding hydrogens is 488 g/mol. The highest BCUT2D eigenvalue weighted by atomic mass is 35.5. The normalized spacial score (nSPS) is 17.4. The molecule has 0 saturated carbocycles. The third-order valence-corrected chi connectivity index (χ3v) is 7.52. The van der Waals surface area contributed by atoms with Gasteiger partial charge in [0.1, 0.15) is 5.75 Å². The van der Waals surface area contributed by atoms with Crippen molar-refractivity contribution >= 4 is 34.6 Å². The number of pyridine rings is 1. The standard InChI is InChI=1S/C29H29ClN4OS/c1-17-9-10-18(2)25(14-17)33-19(3)15-22(20(33)4)28-27(24-8-6-7-13-31-24)32-29(36)34(28)21-11-12-26(35-5)23(30)16-21/h6-16,27-28H,1-5H3,(H,32,36)/t27-,28-/m0/s1. The van der Waals surface area contributed by atoms with Gasteiger partial charge in [0.05, 0.1) is 29.9 Å². The van der Waals surface area contributed by atoms with Crippen molar-refractivity contribution in [3.63, 3.8) is 0 Å². The number of ether oxygens (including phenoxy) is 1. The van der Waals surface area contributed by atoms with Crippen molar-refractivity contribution in [3.05, 3.63) is 106 Å². The molecule has 0 amide bonds. The topological polar surface area (TPSA) is 42.3 Å². The first-order valence-corrected chi connectivity index (χ1v) is 12.7. The average Bonchev–Trinajstić information content (AvgIpc) is 3.36. The van der Waals surface area contributed by atoms with Gasteiger partial charge in [-0.15, -0.1) is 0 Å². The molecule has 1 aliphatic heterocycles. The minimum absolute atomic E-state index is 0.123. The van der Waals surface area contributed by atoms with Gasteiger partial charge in [-0.25, -0.2) is 0 Å². The van der Waals surface area contributed by atoms with Gasteiger partial charge in [0.25, 0.3) is 0 Å². The molecule has 0 aliphatic carbocycles. The minimum Gasteiger partial charge on any atom is -0.495 e. The number of nitrogens with zero attached hydrogens (tertiary/aromatic N) is 3. The number of hydrogen-bond acceptors (Lipinski definition) is 3. The Bertz CT molecular complexity index is 1450. The second-order valence-corrected chi connectivity index (χ2v) is 10.1. The van der Waals surface area contributed by atoms with Crippen molar-refractivity contribution in [2.45, 2.75) is 39.8 Å². The fourth-order valence-corrected chi connectivity index (χ4v) is 5.77. The lowest BCUT2D eigenvalue weighted by atomic mass is 9.96. The van der Waals surface area contributed by atoms with E-state index in [-0.39, 0.29) is 12.1 Å². The van der Waals surface area contributed by atoms with Crippen molar-refractivity contribution in [2.24, 2.45) is 0 Å². The molecule has 4 aromatic rings. The summed E-state index contributed by atoms with van der Waals surface area (Å²) in [5.41, 5.74) is 9.01. The predicted octanol–water partition coefficient (Wildman–Crippen LogP) is 6.95. The van der Waals surface area contributed by atoms with Crippen molar-refractivity contribution in [3.8, 4) is 11.4 Å². The van der Waals surface area contributed by atoms with Crippen molar-refractivity contribution < 1.29 is 4.74 Å². The van der Waals surface area contributed by atoms with E-state index >= 15 is 0 Å². The Morgan fingerprint density at radius 3 is 2.50 bits per heavy atom. The van der Waals surface area contributed by atoms with Crippen LogP contribution in [-0.4, -0.2) is 21.8 Å².